The lowest BCUT2D eigenvalue weighted by Gasteiger charge is -2.43. The quantitative estimate of drug-likeness (QED) is 0.701. The van der Waals surface area contributed by atoms with Crippen molar-refractivity contribution in [3.05, 3.63) is 0 Å². The Morgan fingerprint density at radius 1 is 1.07 bits per heavy atom. The Labute approximate surface area is 86.7 Å². The molecular weight excluding hydrogens is 180 g/mol. The van der Waals surface area contributed by atoms with Gasteiger partial charge in [0.15, 0.2) is 6.29 Å². The van der Waals surface area contributed by atoms with Gasteiger partial charge in [0.2, 0.25) is 0 Å². The topological polar surface area (TPSA) is 27.7 Å². The number of ether oxygens (including phenoxy) is 3. The molecule has 1 rings (SSSR count). The minimum atomic E-state index is -0.0821. The third-order valence-corrected chi connectivity index (χ3v) is 3.36. The summed E-state index contributed by atoms with van der Waals surface area (Å²) in [4.78, 5) is 0. The van der Waals surface area contributed by atoms with Gasteiger partial charge >= 0.3 is 0 Å². The Morgan fingerprint density at radius 2 is 1.71 bits per heavy atom. The van der Waals surface area contributed by atoms with E-state index < -0.39 is 0 Å². The molecule has 1 fully saturated rings. The molecule has 0 aromatic carbocycles. The standard InChI is InChI=1S/C11H22O3/c1-6-9-10(12-4)7(2)8(3)11(13-5)14-9/h7-11H,6H2,1-5H3/t7?,8?,9?,10-,11-/m0/s1. The lowest BCUT2D eigenvalue weighted by atomic mass is 9.84. The van der Waals surface area contributed by atoms with Gasteiger partial charge < -0.3 is 14.2 Å². The molecule has 3 unspecified atom stereocenters. The van der Waals surface area contributed by atoms with Crippen LogP contribution in [0.4, 0.5) is 0 Å². The van der Waals surface area contributed by atoms with E-state index in [9.17, 15) is 0 Å². The monoisotopic (exact) mass is 202 g/mol. The maximum atomic E-state index is 5.82. The first kappa shape index (κ1) is 12.0. The number of rotatable bonds is 3. The second-order valence-electron chi connectivity index (χ2n) is 4.11. The first-order chi connectivity index (χ1) is 6.65. The molecular formula is C11H22O3. The van der Waals surface area contributed by atoms with E-state index in [0.717, 1.165) is 6.42 Å². The van der Waals surface area contributed by atoms with Crippen LogP contribution in [0.3, 0.4) is 0 Å². The molecule has 14 heavy (non-hydrogen) atoms. The zero-order valence-electron chi connectivity index (χ0n) is 9.82. The molecule has 0 aromatic rings. The van der Waals surface area contributed by atoms with Gasteiger partial charge in [-0.25, -0.2) is 0 Å². The molecule has 0 bridgehead atoms. The van der Waals surface area contributed by atoms with E-state index in [2.05, 4.69) is 20.8 Å². The smallest absolute Gasteiger partial charge is 0.160 e. The predicted molar refractivity (Wildman–Crippen MR) is 55.1 cm³/mol. The van der Waals surface area contributed by atoms with Crippen LogP contribution in [0, 0.1) is 11.8 Å². The van der Waals surface area contributed by atoms with Crippen molar-refractivity contribution in [3.63, 3.8) is 0 Å². The molecule has 1 heterocycles. The highest BCUT2D eigenvalue weighted by Gasteiger charge is 2.40. The molecule has 1 aliphatic heterocycles. The SMILES string of the molecule is CCC1O[C@H](OC)C(C)C(C)[C@@H]1OC. The molecule has 5 atom stereocenters. The Bertz CT molecular complexity index is 170. The van der Waals surface area contributed by atoms with Crippen LogP contribution in [-0.4, -0.2) is 32.7 Å². The number of methoxy groups -OCH3 is 2. The van der Waals surface area contributed by atoms with Crippen molar-refractivity contribution in [3.8, 4) is 0 Å². The third-order valence-electron chi connectivity index (χ3n) is 3.36. The Hall–Kier alpha value is -0.120. The van der Waals surface area contributed by atoms with Crippen molar-refractivity contribution in [1.29, 1.82) is 0 Å². The number of hydrogen-bond donors (Lipinski definition) is 0. The molecule has 0 radical (unpaired) electrons. The highest BCUT2D eigenvalue weighted by molar-refractivity contribution is 4.85. The van der Waals surface area contributed by atoms with E-state index in [0.29, 0.717) is 11.8 Å². The summed E-state index contributed by atoms with van der Waals surface area (Å²) in [5, 5.41) is 0. The average molecular weight is 202 g/mol. The summed E-state index contributed by atoms with van der Waals surface area (Å²) in [6, 6.07) is 0. The van der Waals surface area contributed by atoms with E-state index in [1.807, 2.05) is 0 Å². The minimum absolute atomic E-state index is 0.0821. The second kappa shape index (κ2) is 5.10. The van der Waals surface area contributed by atoms with Crippen molar-refractivity contribution in [2.45, 2.75) is 45.7 Å². The second-order valence-corrected chi connectivity index (χ2v) is 4.11. The van der Waals surface area contributed by atoms with Crippen LogP contribution in [0.5, 0.6) is 0 Å². The van der Waals surface area contributed by atoms with Crippen LogP contribution in [0.2, 0.25) is 0 Å². The predicted octanol–water partition coefficient (Wildman–Crippen LogP) is 2.05. The Balaban J connectivity index is 2.71. The molecule has 0 saturated carbocycles. The molecule has 0 aromatic heterocycles. The highest BCUT2D eigenvalue weighted by Crippen LogP contribution is 2.33. The first-order valence-electron chi connectivity index (χ1n) is 5.36. The normalized spacial score (nSPS) is 43.9. The van der Waals surface area contributed by atoms with Gasteiger partial charge in [0.25, 0.3) is 0 Å². The third kappa shape index (κ3) is 2.10. The van der Waals surface area contributed by atoms with Crippen molar-refractivity contribution in [2.24, 2.45) is 11.8 Å². The molecule has 1 aliphatic rings. The summed E-state index contributed by atoms with van der Waals surface area (Å²) >= 11 is 0. The van der Waals surface area contributed by atoms with Gasteiger partial charge in [-0.2, -0.15) is 0 Å². The summed E-state index contributed by atoms with van der Waals surface area (Å²) in [6.45, 7) is 6.47. The largest absolute Gasteiger partial charge is 0.378 e. The molecule has 0 N–H and O–H groups in total. The van der Waals surface area contributed by atoms with E-state index >= 15 is 0 Å². The molecule has 3 heteroatoms. The fourth-order valence-electron chi connectivity index (χ4n) is 2.22. The zero-order valence-corrected chi connectivity index (χ0v) is 9.82. The molecule has 0 aliphatic carbocycles. The summed E-state index contributed by atoms with van der Waals surface area (Å²) in [7, 11) is 3.46. The molecule has 0 spiro atoms. The highest BCUT2D eigenvalue weighted by atomic mass is 16.7. The van der Waals surface area contributed by atoms with Crippen molar-refractivity contribution in [1.82, 2.24) is 0 Å². The molecule has 1 saturated heterocycles. The van der Waals surface area contributed by atoms with Crippen LogP contribution >= 0.6 is 0 Å². The lowest BCUT2D eigenvalue weighted by Crippen LogP contribution is -2.50. The molecule has 84 valence electrons. The van der Waals surface area contributed by atoms with E-state index in [1.54, 1.807) is 14.2 Å². The van der Waals surface area contributed by atoms with E-state index in [-0.39, 0.29) is 18.5 Å². The Kier molecular flexibility index (Phi) is 4.35. The summed E-state index contributed by atoms with van der Waals surface area (Å²) in [6.07, 6.45) is 1.24. The summed E-state index contributed by atoms with van der Waals surface area (Å²) in [5.41, 5.74) is 0. The van der Waals surface area contributed by atoms with Crippen LogP contribution in [0.15, 0.2) is 0 Å². The molecule has 3 nitrogen and oxygen atoms in total. The van der Waals surface area contributed by atoms with Gasteiger partial charge in [0.05, 0.1) is 12.2 Å². The average Bonchev–Trinajstić information content (AvgIpc) is 2.21. The van der Waals surface area contributed by atoms with Gasteiger partial charge in [0, 0.05) is 20.1 Å². The maximum Gasteiger partial charge on any atom is 0.160 e. The van der Waals surface area contributed by atoms with E-state index in [4.69, 9.17) is 14.2 Å². The van der Waals surface area contributed by atoms with Crippen LogP contribution in [-0.2, 0) is 14.2 Å². The fraction of sp³-hybridized carbons (Fsp3) is 1.00. The maximum absolute atomic E-state index is 5.82. The first-order valence-corrected chi connectivity index (χ1v) is 5.36. The van der Waals surface area contributed by atoms with E-state index in [1.165, 1.54) is 0 Å². The van der Waals surface area contributed by atoms with Crippen molar-refractivity contribution in [2.75, 3.05) is 14.2 Å². The zero-order chi connectivity index (χ0) is 10.7. The van der Waals surface area contributed by atoms with Gasteiger partial charge in [-0.15, -0.1) is 0 Å². The van der Waals surface area contributed by atoms with Crippen LogP contribution in [0.25, 0.3) is 0 Å². The Morgan fingerprint density at radius 3 is 2.14 bits per heavy atom. The summed E-state index contributed by atoms with van der Waals surface area (Å²) < 4.78 is 16.6. The van der Waals surface area contributed by atoms with Crippen molar-refractivity contribution < 1.29 is 14.2 Å². The number of hydrogen-bond acceptors (Lipinski definition) is 3. The minimum Gasteiger partial charge on any atom is -0.378 e. The van der Waals surface area contributed by atoms with Crippen molar-refractivity contribution >= 4 is 0 Å². The lowest BCUT2D eigenvalue weighted by molar-refractivity contribution is -0.258. The van der Waals surface area contributed by atoms with Gasteiger partial charge in [-0.05, 0) is 12.3 Å². The van der Waals surface area contributed by atoms with Gasteiger partial charge in [-0.3, -0.25) is 0 Å². The van der Waals surface area contributed by atoms with Crippen LogP contribution in [0.1, 0.15) is 27.2 Å². The molecule has 0 amide bonds. The fourth-order valence-corrected chi connectivity index (χ4v) is 2.22. The van der Waals surface area contributed by atoms with Gasteiger partial charge in [0.1, 0.15) is 0 Å². The van der Waals surface area contributed by atoms with Crippen LogP contribution < -0.4 is 0 Å². The van der Waals surface area contributed by atoms with Gasteiger partial charge in [-0.1, -0.05) is 20.8 Å². The summed E-state index contributed by atoms with van der Waals surface area (Å²) in [5.74, 6) is 0.858.